The van der Waals surface area contributed by atoms with Gasteiger partial charge >= 0.3 is 0 Å². The monoisotopic (exact) mass is 235 g/mol. The molecule has 0 atom stereocenters. The molecule has 2 nitrogen and oxygen atoms in total. The maximum absolute atomic E-state index is 5.63. The van der Waals surface area contributed by atoms with Gasteiger partial charge in [0.05, 0.1) is 12.8 Å². The van der Waals surface area contributed by atoms with Crippen molar-refractivity contribution in [3.05, 3.63) is 24.0 Å². The molecule has 0 spiro atoms. The third kappa shape index (κ3) is 6.98. The zero-order chi connectivity index (χ0) is 12.3. The first-order valence-electron chi connectivity index (χ1n) is 6.88. The summed E-state index contributed by atoms with van der Waals surface area (Å²) in [4.78, 5) is 4.20. The number of hydrogen-bond donors (Lipinski definition) is 0. The van der Waals surface area contributed by atoms with Crippen LogP contribution in [-0.2, 0) is 0 Å². The molecule has 1 heterocycles. The van der Waals surface area contributed by atoms with Crippen molar-refractivity contribution in [2.24, 2.45) is 0 Å². The topological polar surface area (TPSA) is 22.1 Å². The van der Waals surface area contributed by atoms with Crippen LogP contribution in [0.4, 0.5) is 0 Å². The van der Waals surface area contributed by atoms with Gasteiger partial charge in [-0.15, -0.1) is 0 Å². The molecule has 1 aromatic rings. The standard InChI is InChI=1S/C15H25NO/c1-3-4-5-6-7-8-9-12-17-15-11-10-14(2)16-13-15/h10-11,13H,3-9,12H2,1-2H3. The molecule has 0 amide bonds. The molecule has 0 N–H and O–H groups in total. The third-order valence-electron chi connectivity index (χ3n) is 2.90. The minimum absolute atomic E-state index is 0.818. The van der Waals surface area contributed by atoms with Crippen LogP contribution in [0.2, 0.25) is 0 Å². The molecule has 0 bridgehead atoms. The average Bonchev–Trinajstić information content (AvgIpc) is 2.35. The number of aryl methyl sites for hydroxylation is 1. The van der Waals surface area contributed by atoms with Crippen LogP contribution in [0.15, 0.2) is 18.3 Å². The Morgan fingerprint density at radius 1 is 1.00 bits per heavy atom. The molecule has 96 valence electrons. The Balaban J connectivity index is 1.95. The first-order chi connectivity index (χ1) is 8.33. The lowest BCUT2D eigenvalue weighted by atomic mass is 10.1. The lowest BCUT2D eigenvalue weighted by Gasteiger charge is -2.05. The van der Waals surface area contributed by atoms with E-state index in [1.807, 2.05) is 19.1 Å². The predicted molar refractivity (Wildman–Crippen MR) is 72.5 cm³/mol. The number of nitrogens with zero attached hydrogens (tertiary/aromatic N) is 1. The highest BCUT2D eigenvalue weighted by Crippen LogP contribution is 2.10. The van der Waals surface area contributed by atoms with Crippen molar-refractivity contribution >= 4 is 0 Å². The van der Waals surface area contributed by atoms with Gasteiger partial charge in [0.1, 0.15) is 5.75 Å². The molecule has 0 fully saturated rings. The van der Waals surface area contributed by atoms with Gasteiger partial charge in [-0.1, -0.05) is 45.4 Å². The Labute approximate surface area is 105 Å². The Hall–Kier alpha value is -1.05. The van der Waals surface area contributed by atoms with Crippen LogP contribution in [0.3, 0.4) is 0 Å². The van der Waals surface area contributed by atoms with Crippen molar-refractivity contribution in [1.82, 2.24) is 4.98 Å². The van der Waals surface area contributed by atoms with E-state index in [1.54, 1.807) is 6.20 Å². The van der Waals surface area contributed by atoms with Gasteiger partial charge in [0.2, 0.25) is 0 Å². The number of aromatic nitrogens is 1. The Bertz CT molecular complexity index is 281. The SMILES string of the molecule is CCCCCCCCCOc1ccc(C)nc1. The number of hydrogen-bond acceptors (Lipinski definition) is 2. The van der Waals surface area contributed by atoms with Crippen molar-refractivity contribution in [3.63, 3.8) is 0 Å². The summed E-state index contributed by atoms with van der Waals surface area (Å²) < 4.78 is 5.63. The summed E-state index contributed by atoms with van der Waals surface area (Å²) in [6.45, 7) is 5.06. The van der Waals surface area contributed by atoms with Crippen LogP contribution < -0.4 is 4.74 Å². The summed E-state index contributed by atoms with van der Waals surface area (Å²) in [5, 5.41) is 0. The minimum atomic E-state index is 0.818. The van der Waals surface area contributed by atoms with Gasteiger partial charge in [-0.3, -0.25) is 4.98 Å². The van der Waals surface area contributed by atoms with Crippen molar-refractivity contribution in [2.75, 3.05) is 6.61 Å². The molecule has 0 saturated carbocycles. The normalized spacial score (nSPS) is 10.5. The fourth-order valence-corrected chi connectivity index (χ4v) is 1.79. The summed E-state index contributed by atoms with van der Waals surface area (Å²) in [5.74, 6) is 0.890. The summed E-state index contributed by atoms with van der Waals surface area (Å²) in [6, 6.07) is 3.98. The van der Waals surface area contributed by atoms with Crippen LogP contribution in [0.1, 0.15) is 57.6 Å². The largest absolute Gasteiger partial charge is 0.492 e. The zero-order valence-electron chi connectivity index (χ0n) is 11.2. The molecule has 1 aromatic heterocycles. The number of ether oxygens (including phenoxy) is 1. The number of rotatable bonds is 9. The van der Waals surface area contributed by atoms with Crippen LogP contribution in [0, 0.1) is 6.92 Å². The first kappa shape index (κ1) is 14.0. The van der Waals surface area contributed by atoms with Crippen molar-refractivity contribution in [2.45, 2.75) is 58.8 Å². The van der Waals surface area contributed by atoms with Gasteiger partial charge in [-0.05, 0) is 25.5 Å². The fourth-order valence-electron chi connectivity index (χ4n) is 1.79. The first-order valence-corrected chi connectivity index (χ1v) is 6.88. The summed E-state index contributed by atoms with van der Waals surface area (Å²) in [5.41, 5.74) is 1.04. The van der Waals surface area contributed by atoms with Gasteiger partial charge in [0.25, 0.3) is 0 Å². The Morgan fingerprint density at radius 2 is 1.71 bits per heavy atom. The summed E-state index contributed by atoms with van der Waals surface area (Å²) >= 11 is 0. The van der Waals surface area contributed by atoms with Crippen LogP contribution in [0.25, 0.3) is 0 Å². The van der Waals surface area contributed by atoms with E-state index in [1.165, 1.54) is 38.5 Å². The lowest BCUT2D eigenvalue weighted by Crippen LogP contribution is -1.97. The maximum Gasteiger partial charge on any atom is 0.137 e. The lowest BCUT2D eigenvalue weighted by molar-refractivity contribution is 0.303. The van der Waals surface area contributed by atoms with E-state index in [-0.39, 0.29) is 0 Å². The highest BCUT2D eigenvalue weighted by atomic mass is 16.5. The molecule has 0 radical (unpaired) electrons. The second-order valence-electron chi connectivity index (χ2n) is 4.61. The Morgan fingerprint density at radius 3 is 2.35 bits per heavy atom. The summed E-state index contributed by atoms with van der Waals surface area (Å²) in [6.07, 6.45) is 11.0. The molecule has 0 aliphatic heterocycles. The molecule has 0 aromatic carbocycles. The molecule has 0 aliphatic rings. The number of unbranched alkanes of at least 4 members (excludes halogenated alkanes) is 6. The minimum Gasteiger partial charge on any atom is -0.492 e. The Kier molecular flexibility index (Phi) is 7.44. The zero-order valence-corrected chi connectivity index (χ0v) is 11.2. The number of pyridine rings is 1. The van der Waals surface area contributed by atoms with Gasteiger partial charge < -0.3 is 4.74 Å². The average molecular weight is 235 g/mol. The highest BCUT2D eigenvalue weighted by Gasteiger charge is 1.94. The van der Waals surface area contributed by atoms with Gasteiger partial charge in [0, 0.05) is 5.69 Å². The summed E-state index contributed by atoms with van der Waals surface area (Å²) in [7, 11) is 0. The molecule has 0 aliphatic carbocycles. The molecule has 1 rings (SSSR count). The van der Waals surface area contributed by atoms with Crippen molar-refractivity contribution < 1.29 is 4.74 Å². The van der Waals surface area contributed by atoms with E-state index in [9.17, 15) is 0 Å². The van der Waals surface area contributed by atoms with Gasteiger partial charge in [-0.25, -0.2) is 0 Å². The van der Waals surface area contributed by atoms with E-state index in [2.05, 4.69) is 11.9 Å². The highest BCUT2D eigenvalue weighted by molar-refractivity contribution is 5.18. The van der Waals surface area contributed by atoms with Crippen molar-refractivity contribution in [3.8, 4) is 5.75 Å². The van der Waals surface area contributed by atoms with Gasteiger partial charge in [-0.2, -0.15) is 0 Å². The molecule has 17 heavy (non-hydrogen) atoms. The second-order valence-corrected chi connectivity index (χ2v) is 4.61. The van der Waals surface area contributed by atoms with Crippen molar-refractivity contribution in [1.29, 1.82) is 0 Å². The van der Waals surface area contributed by atoms with E-state index in [0.717, 1.165) is 24.5 Å². The van der Waals surface area contributed by atoms with Crippen LogP contribution >= 0.6 is 0 Å². The molecule has 0 saturated heterocycles. The smallest absolute Gasteiger partial charge is 0.137 e. The van der Waals surface area contributed by atoms with E-state index in [4.69, 9.17) is 4.74 Å². The van der Waals surface area contributed by atoms with Crippen LogP contribution in [-0.4, -0.2) is 11.6 Å². The van der Waals surface area contributed by atoms with E-state index >= 15 is 0 Å². The molecular formula is C15H25NO. The van der Waals surface area contributed by atoms with E-state index < -0.39 is 0 Å². The second kappa shape index (κ2) is 9.03. The third-order valence-corrected chi connectivity index (χ3v) is 2.90. The molecular weight excluding hydrogens is 210 g/mol. The predicted octanol–water partition coefficient (Wildman–Crippen LogP) is 4.52. The quantitative estimate of drug-likeness (QED) is 0.587. The fraction of sp³-hybridized carbons (Fsp3) is 0.667. The van der Waals surface area contributed by atoms with E-state index in [0.29, 0.717) is 0 Å². The maximum atomic E-state index is 5.63. The van der Waals surface area contributed by atoms with Gasteiger partial charge in [0.15, 0.2) is 0 Å². The molecule has 2 heteroatoms. The van der Waals surface area contributed by atoms with Crippen LogP contribution in [0.5, 0.6) is 5.75 Å². The molecule has 0 unspecified atom stereocenters.